The fourth-order valence-corrected chi connectivity index (χ4v) is 2.56. The zero-order valence-corrected chi connectivity index (χ0v) is 10.8. The van der Waals surface area contributed by atoms with E-state index in [1.807, 2.05) is 0 Å². The number of aliphatic hydroxyl groups excluding tert-OH is 1. The second-order valence-corrected chi connectivity index (χ2v) is 5.32. The molecule has 1 atom stereocenters. The normalized spacial score (nSPS) is 19.3. The van der Waals surface area contributed by atoms with Crippen LogP contribution in [0.4, 0.5) is 13.2 Å². The molecule has 0 heterocycles. The molecule has 1 fully saturated rings. The van der Waals surface area contributed by atoms with E-state index < -0.39 is 12.6 Å². The molecule has 0 amide bonds. The first-order valence-corrected chi connectivity index (χ1v) is 6.93. The molecule has 0 aromatic carbocycles. The van der Waals surface area contributed by atoms with Crippen LogP contribution in [0.3, 0.4) is 0 Å². The molecule has 0 aliphatic heterocycles. The molecule has 0 spiro atoms. The smallest absolute Gasteiger partial charge is 0.389 e. The Bertz CT molecular complexity index is 215. The topological polar surface area (TPSA) is 32.3 Å². The number of aliphatic hydroxyl groups is 1. The van der Waals surface area contributed by atoms with Gasteiger partial charge in [0.05, 0.1) is 6.10 Å². The molecule has 1 saturated carbocycles. The van der Waals surface area contributed by atoms with Gasteiger partial charge in [-0.1, -0.05) is 25.7 Å². The maximum absolute atomic E-state index is 11.9. The van der Waals surface area contributed by atoms with E-state index in [-0.39, 0.29) is 12.5 Å². The quantitative estimate of drug-likeness (QED) is 0.662. The van der Waals surface area contributed by atoms with Crippen LogP contribution >= 0.6 is 0 Å². The molecule has 0 aromatic rings. The lowest BCUT2D eigenvalue weighted by atomic mass is 10.00. The molecular formula is C13H24F3NO. The van der Waals surface area contributed by atoms with Gasteiger partial charge < -0.3 is 10.4 Å². The van der Waals surface area contributed by atoms with Gasteiger partial charge in [0.15, 0.2) is 0 Å². The highest BCUT2D eigenvalue weighted by molar-refractivity contribution is 4.72. The standard InChI is InChI=1S/C13H24F3NO/c14-13(15,16)7-3-4-8-17-10-12(18)9-11-5-1-2-6-11/h11-12,17-18H,1-10H2. The molecule has 1 aliphatic rings. The number of halogens is 3. The first-order valence-electron chi connectivity index (χ1n) is 6.93. The third-order valence-electron chi connectivity index (χ3n) is 3.52. The van der Waals surface area contributed by atoms with Crippen molar-refractivity contribution >= 4 is 0 Å². The maximum atomic E-state index is 11.9. The molecule has 1 aliphatic carbocycles. The highest BCUT2D eigenvalue weighted by Crippen LogP contribution is 2.28. The van der Waals surface area contributed by atoms with Crippen LogP contribution < -0.4 is 5.32 Å². The van der Waals surface area contributed by atoms with Gasteiger partial charge in [0, 0.05) is 13.0 Å². The summed E-state index contributed by atoms with van der Waals surface area (Å²) in [5, 5.41) is 12.8. The van der Waals surface area contributed by atoms with Crippen molar-refractivity contribution in [1.29, 1.82) is 0 Å². The fraction of sp³-hybridized carbons (Fsp3) is 1.00. The molecule has 2 nitrogen and oxygen atoms in total. The van der Waals surface area contributed by atoms with E-state index in [1.54, 1.807) is 0 Å². The Morgan fingerprint density at radius 1 is 1.17 bits per heavy atom. The predicted molar refractivity (Wildman–Crippen MR) is 65.4 cm³/mol. The summed E-state index contributed by atoms with van der Waals surface area (Å²) in [5.74, 6) is 0.645. The molecule has 0 radical (unpaired) electrons. The summed E-state index contributed by atoms with van der Waals surface area (Å²) < 4.78 is 35.6. The highest BCUT2D eigenvalue weighted by Gasteiger charge is 2.25. The molecule has 1 rings (SSSR count). The summed E-state index contributed by atoms with van der Waals surface area (Å²) in [6.07, 6.45) is 1.35. The molecule has 5 heteroatoms. The largest absolute Gasteiger partial charge is 0.392 e. The van der Waals surface area contributed by atoms with Crippen LogP contribution in [0.5, 0.6) is 0 Å². The van der Waals surface area contributed by atoms with Gasteiger partial charge in [0.2, 0.25) is 0 Å². The number of nitrogens with one attached hydrogen (secondary N) is 1. The zero-order chi connectivity index (χ0) is 13.4. The van der Waals surface area contributed by atoms with Crippen LogP contribution in [-0.2, 0) is 0 Å². The molecule has 18 heavy (non-hydrogen) atoms. The lowest BCUT2D eigenvalue weighted by molar-refractivity contribution is -0.135. The van der Waals surface area contributed by atoms with Crippen LogP contribution in [0.2, 0.25) is 0 Å². The average molecular weight is 267 g/mol. The minimum Gasteiger partial charge on any atom is -0.392 e. The zero-order valence-electron chi connectivity index (χ0n) is 10.8. The Morgan fingerprint density at radius 3 is 2.44 bits per heavy atom. The van der Waals surface area contributed by atoms with Crippen LogP contribution in [0.25, 0.3) is 0 Å². The molecule has 1 unspecified atom stereocenters. The molecule has 2 N–H and O–H groups in total. The van der Waals surface area contributed by atoms with E-state index in [0.29, 0.717) is 25.4 Å². The molecular weight excluding hydrogens is 243 g/mol. The first kappa shape index (κ1) is 15.8. The van der Waals surface area contributed by atoms with Gasteiger partial charge in [-0.3, -0.25) is 0 Å². The van der Waals surface area contributed by atoms with E-state index in [1.165, 1.54) is 25.7 Å². The van der Waals surface area contributed by atoms with Crippen molar-refractivity contribution in [1.82, 2.24) is 5.32 Å². The van der Waals surface area contributed by atoms with Crippen molar-refractivity contribution in [2.45, 2.75) is 63.6 Å². The van der Waals surface area contributed by atoms with E-state index in [9.17, 15) is 18.3 Å². The highest BCUT2D eigenvalue weighted by atomic mass is 19.4. The number of alkyl halides is 3. The number of rotatable bonds is 8. The Hall–Kier alpha value is -0.290. The van der Waals surface area contributed by atoms with Gasteiger partial charge in [-0.2, -0.15) is 13.2 Å². The Labute approximate surface area is 107 Å². The Morgan fingerprint density at radius 2 is 1.83 bits per heavy atom. The second kappa shape index (κ2) is 8.00. The SMILES string of the molecule is OC(CNCCCCC(F)(F)F)CC1CCCC1. The minimum atomic E-state index is -4.04. The summed E-state index contributed by atoms with van der Waals surface area (Å²) in [7, 11) is 0. The molecule has 0 aromatic heterocycles. The third-order valence-corrected chi connectivity index (χ3v) is 3.52. The van der Waals surface area contributed by atoms with Crippen molar-refractivity contribution in [2.24, 2.45) is 5.92 Å². The summed E-state index contributed by atoms with van der Waals surface area (Å²) in [6, 6.07) is 0. The van der Waals surface area contributed by atoms with Gasteiger partial charge in [-0.15, -0.1) is 0 Å². The predicted octanol–water partition coefficient (Wildman–Crippen LogP) is 3.25. The van der Waals surface area contributed by atoms with E-state index >= 15 is 0 Å². The van der Waals surface area contributed by atoms with Gasteiger partial charge in [0.1, 0.15) is 0 Å². The van der Waals surface area contributed by atoms with Crippen molar-refractivity contribution in [3.63, 3.8) is 0 Å². The molecule has 0 bridgehead atoms. The van der Waals surface area contributed by atoms with Crippen LogP contribution in [0, 0.1) is 5.92 Å². The van der Waals surface area contributed by atoms with Crippen molar-refractivity contribution < 1.29 is 18.3 Å². The number of hydrogen-bond acceptors (Lipinski definition) is 2. The van der Waals surface area contributed by atoms with Crippen molar-refractivity contribution in [3.05, 3.63) is 0 Å². The average Bonchev–Trinajstić information content (AvgIpc) is 2.74. The summed E-state index contributed by atoms with van der Waals surface area (Å²) in [6.45, 7) is 1.06. The van der Waals surface area contributed by atoms with Crippen molar-refractivity contribution in [3.8, 4) is 0 Å². The minimum absolute atomic E-state index is 0.162. The van der Waals surface area contributed by atoms with Crippen molar-refractivity contribution in [2.75, 3.05) is 13.1 Å². The monoisotopic (exact) mass is 267 g/mol. The van der Waals surface area contributed by atoms with E-state index in [2.05, 4.69) is 5.32 Å². The number of hydrogen-bond donors (Lipinski definition) is 2. The summed E-state index contributed by atoms with van der Waals surface area (Å²) in [5.41, 5.74) is 0. The van der Waals surface area contributed by atoms with Gasteiger partial charge in [-0.25, -0.2) is 0 Å². The van der Waals surface area contributed by atoms with Crippen LogP contribution in [0.15, 0.2) is 0 Å². The lowest BCUT2D eigenvalue weighted by Gasteiger charge is -2.16. The maximum Gasteiger partial charge on any atom is 0.389 e. The van der Waals surface area contributed by atoms with Crippen LogP contribution in [-0.4, -0.2) is 30.5 Å². The van der Waals surface area contributed by atoms with E-state index in [4.69, 9.17) is 0 Å². The third kappa shape index (κ3) is 7.93. The number of unbranched alkanes of at least 4 members (excludes halogenated alkanes) is 1. The lowest BCUT2D eigenvalue weighted by Crippen LogP contribution is -2.29. The van der Waals surface area contributed by atoms with Gasteiger partial charge >= 0.3 is 6.18 Å². The summed E-state index contributed by atoms with van der Waals surface area (Å²) in [4.78, 5) is 0. The van der Waals surface area contributed by atoms with Gasteiger partial charge in [-0.05, 0) is 31.7 Å². The first-order chi connectivity index (χ1) is 8.47. The van der Waals surface area contributed by atoms with Crippen LogP contribution in [0.1, 0.15) is 51.4 Å². The molecule has 0 saturated heterocycles. The second-order valence-electron chi connectivity index (χ2n) is 5.32. The van der Waals surface area contributed by atoms with Gasteiger partial charge in [0.25, 0.3) is 0 Å². The summed E-state index contributed by atoms with van der Waals surface area (Å²) >= 11 is 0. The Balaban J connectivity index is 1.90. The Kier molecular flexibility index (Phi) is 7.00. The molecule has 108 valence electrons. The fourth-order valence-electron chi connectivity index (χ4n) is 2.56. The van der Waals surface area contributed by atoms with E-state index in [0.717, 1.165) is 6.42 Å².